The molecule has 0 spiro atoms. The number of Topliss-reactive ketones (excluding diaryl/α,β-unsaturated/α-hetero) is 1. The van der Waals surface area contributed by atoms with Crippen LogP contribution in [0.4, 0.5) is 0 Å². The number of hydrogen-bond acceptors (Lipinski definition) is 5. The Kier molecular flexibility index (Phi) is 4.73. The maximum absolute atomic E-state index is 13.0. The van der Waals surface area contributed by atoms with E-state index >= 15 is 0 Å². The minimum atomic E-state index is 0.00741. The molecule has 0 aromatic carbocycles. The predicted molar refractivity (Wildman–Crippen MR) is 96.7 cm³/mol. The van der Waals surface area contributed by atoms with Gasteiger partial charge in [-0.15, -0.1) is 17.9 Å². The summed E-state index contributed by atoms with van der Waals surface area (Å²) in [5.74, 6) is 1.07. The summed E-state index contributed by atoms with van der Waals surface area (Å²) in [4.78, 5) is 31.1. The summed E-state index contributed by atoms with van der Waals surface area (Å²) in [6.07, 6.45) is 4.82. The van der Waals surface area contributed by atoms with Crippen molar-refractivity contribution in [3.8, 4) is 0 Å². The van der Waals surface area contributed by atoms with Gasteiger partial charge in [-0.2, -0.15) is 0 Å². The molecule has 0 N–H and O–H groups in total. The number of ketones is 1. The molecule has 0 bridgehead atoms. The lowest BCUT2D eigenvalue weighted by Gasteiger charge is -2.17. The van der Waals surface area contributed by atoms with Gasteiger partial charge < -0.3 is 0 Å². The Bertz CT molecular complexity index is 835. The third kappa shape index (κ3) is 3.15. The van der Waals surface area contributed by atoms with Crippen LogP contribution in [0, 0.1) is 5.92 Å². The molecule has 3 rings (SSSR count). The molecular weight excluding hydrogens is 328 g/mol. The zero-order chi connectivity index (χ0) is 16.6. The second-order valence-corrected chi connectivity index (χ2v) is 8.15. The first-order valence-corrected chi connectivity index (χ1v) is 9.59. The molecule has 122 valence electrons. The maximum Gasteiger partial charge on any atom is 0.263 e. The Morgan fingerprint density at radius 3 is 3.04 bits per heavy atom. The third-order valence-corrected chi connectivity index (χ3v) is 6.37. The van der Waals surface area contributed by atoms with E-state index in [1.165, 1.54) is 22.2 Å². The molecule has 1 aliphatic carbocycles. The van der Waals surface area contributed by atoms with Crippen LogP contribution in [0.15, 0.2) is 22.6 Å². The largest absolute Gasteiger partial charge is 0.299 e. The molecule has 4 nitrogen and oxygen atoms in total. The summed E-state index contributed by atoms with van der Waals surface area (Å²) in [6, 6.07) is 0. The van der Waals surface area contributed by atoms with Crippen molar-refractivity contribution in [2.45, 2.75) is 44.8 Å². The molecule has 2 aromatic rings. The van der Waals surface area contributed by atoms with E-state index < -0.39 is 0 Å². The second kappa shape index (κ2) is 6.61. The van der Waals surface area contributed by atoms with Crippen LogP contribution in [0.25, 0.3) is 10.2 Å². The Balaban J connectivity index is 2.17. The molecule has 1 aliphatic rings. The van der Waals surface area contributed by atoms with Crippen molar-refractivity contribution in [1.29, 1.82) is 0 Å². The lowest BCUT2D eigenvalue weighted by Crippen LogP contribution is -2.23. The van der Waals surface area contributed by atoms with Crippen molar-refractivity contribution in [1.82, 2.24) is 9.55 Å². The average molecular weight is 348 g/mol. The number of carbonyl (C=O) groups excluding carboxylic acids is 1. The topological polar surface area (TPSA) is 52.0 Å². The predicted octanol–water partition coefficient (Wildman–Crippen LogP) is 3.45. The molecule has 0 saturated heterocycles. The van der Waals surface area contributed by atoms with Crippen molar-refractivity contribution in [3.63, 3.8) is 0 Å². The number of rotatable bonds is 5. The van der Waals surface area contributed by atoms with Gasteiger partial charge in [0.05, 0.1) is 11.1 Å². The number of allylic oxidation sites excluding steroid dienone is 1. The van der Waals surface area contributed by atoms with Gasteiger partial charge in [-0.3, -0.25) is 14.2 Å². The number of carbonyl (C=O) groups is 1. The van der Waals surface area contributed by atoms with Gasteiger partial charge in [0.15, 0.2) is 5.16 Å². The lowest BCUT2D eigenvalue weighted by molar-refractivity contribution is -0.114. The fraction of sp³-hybridized carbons (Fsp3) is 0.471. The van der Waals surface area contributed by atoms with Crippen molar-refractivity contribution >= 4 is 39.1 Å². The van der Waals surface area contributed by atoms with Crippen LogP contribution in [-0.2, 0) is 24.2 Å². The summed E-state index contributed by atoms with van der Waals surface area (Å²) < 4.78 is 1.65. The molecular formula is C17H20N2O2S2. The van der Waals surface area contributed by atoms with Crippen molar-refractivity contribution < 1.29 is 4.79 Å². The van der Waals surface area contributed by atoms with Gasteiger partial charge in [0.1, 0.15) is 10.6 Å². The molecule has 0 fully saturated rings. The first-order chi connectivity index (χ1) is 11.0. The molecule has 0 radical (unpaired) electrons. The second-order valence-electron chi connectivity index (χ2n) is 6.12. The van der Waals surface area contributed by atoms with Crippen molar-refractivity contribution in [2.75, 3.05) is 5.75 Å². The number of aromatic nitrogens is 2. The summed E-state index contributed by atoms with van der Waals surface area (Å²) in [5.41, 5.74) is 1.20. The molecule has 1 atom stereocenters. The zero-order valence-corrected chi connectivity index (χ0v) is 15.1. The normalized spacial score (nSPS) is 17.2. The Labute approximate surface area is 143 Å². The highest BCUT2D eigenvalue weighted by molar-refractivity contribution is 7.99. The van der Waals surface area contributed by atoms with E-state index in [-0.39, 0.29) is 11.3 Å². The van der Waals surface area contributed by atoms with Crippen LogP contribution < -0.4 is 5.56 Å². The van der Waals surface area contributed by atoms with E-state index in [0.717, 1.165) is 29.5 Å². The quantitative estimate of drug-likeness (QED) is 0.472. The minimum Gasteiger partial charge on any atom is -0.299 e. The van der Waals surface area contributed by atoms with Crippen LogP contribution in [0.3, 0.4) is 0 Å². The van der Waals surface area contributed by atoms with E-state index in [9.17, 15) is 9.59 Å². The third-order valence-electron chi connectivity index (χ3n) is 4.10. The van der Waals surface area contributed by atoms with Crippen LogP contribution in [0.2, 0.25) is 0 Å². The average Bonchev–Trinajstić information content (AvgIpc) is 2.85. The van der Waals surface area contributed by atoms with Crippen LogP contribution in [-0.4, -0.2) is 21.1 Å². The SMILES string of the molecule is C=CCn1c(SCC(C)=O)nc2sc3c(c2c1=O)CCC(C)C3. The molecule has 0 amide bonds. The van der Waals surface area contributed by atoms with Gasteiger partial charge in [0.2, 0.25) is 0 Å². The molecule has 0 aliphatic heterocycles. The first kappa shape index (κ1) is 16.5. The molecule has 2 heterocycles. The van der Waals surface area contributed by atoms with E-state index in [0.29, 0.717) is 23.4 Å². The van der Waals surface area contributed by atoms with Crippen LogP contribution >= 0.6 is 23.1 Å². The fourth-order valence-corrected chi connectivity index (χ4v) is 5.20. The van der Waals surface area contributed by atoms with Gasteiger partial charge in [0, 0.05) is 11.4 Å². The smallest absolute Gasteiger partial charge is 0.263 e. The van der Waals surface area contributed by atoms with Gasteiger partial charge >= 0.3 is 0 Å². The summed E-state index contributed by atoms with van der Waals surface area (Å²) in [6.45, 7) is 7.96. The molecule has 23 heavy (non-hydrogen) atoms. The number of hydrogen-bond donors (Lipinski definition) is 0. The number of thiophene rings is 1. The van der Waals surface area contributed by atoms with Crippen LogP contribution in [0.5, 0.6) is 0 Å². The van der Waals surface area contributed by atoms with E-state index in [2.05, 4.69) is 13.5 Å². The standard InChI is InChI=1S/C17H20N2O2S2/c1-4-7-19-16(21)14-12-6-5-10(2)8-13(12)23-15(14)18-17(19)22-9-11(3)20/h4,10H,1,5-9H2,2-3H3. The van der Waals surface area contributed by atoms with Gasteiger partial charge in [-0.1, -0.05) is 24.8 Å². The lowest BCUT2D eigenvalue weighted by atomic mass is 9.89. The van der Waals surface area contributed by atoms with Gasteiger partial charge in [-0.25, -0.2) is 4.98 Å². The Morgan fingerprint density at radius 1 is 1.57 bits per heavy atom. The molecule has 1 unspecified atom stereocenters. The summed E-state index contributed by atoms with van der Waals surface area (Å²) >= 11 is 2.98. The van der Waals surface area contributed by atoms with Crippen molar-refractivity contribution in [2.24, 2.45) is 5.92 Å². The Morgan fingerprint density at radius 2 is 2.35 bits per heavy atom. The summed E-state index contributed by atoms with van der Waals surface area (Å²) in [7, 11) is 0. The minimum absolute atomic E-state index is 0.00741. The number of fused-ring (bicyclic) bond motifs is 3. The van der Waals surface area contributed by atoms with E-state index in [1.807, 2.05) is 0 Å². The highest BCUT2D eigenvalue weighted by Crippen LogP contribution is 2.36. The van der Waals surface area contributed by atoms with Gasteiger partial charge in [-0.05, 0) is 37.7 Å². The maximum atomic E-state index is 13.0. The monoisotopic (exact) mass is 348 g/mol. The molecule has 2 aromatic heterocycles. The van der Waals surface area contributed by atoms with Crippen LogP contribution in [0.1, 0.15) is 30.7 Å². The Hall–Kier alpha value is -1.40. The molecule has 0 saturated carbocycles. The summed E-state index contributed by atoms with van der Waals surface area (Å²) in [5, 5.41) is 1.40. The van der Waals surface area contributed by atoms with E-state index in [4.69, 9.17) is 4.98 Å². The van der Waals surface area contributed by atoms with Gasteiger partial charge in [0.25, 0.3) is 5.56 Å². The van der Waals surface area contributed by atoms with E-state index in [1.54, 1.807) is 28.9 Å². The zero-order valence-electron chi connectivity index (χ0n) is 13.4. The first-order valence-electron chi connectivity index (χ1n) is 7.79. The number of nitrogens with zero attached hydrogens (tertiary/aromatic N) is 2. The fourth-order valence-electron chi connectivity index (χ4n) is 2.97. The highest BCUT2D eigenvalue weighted by atomic mass is 32.2. The van der Waals surface area contributed by atoms with Crippen molar-refractivity contribution in [3.05, 3.63) is 33.4 Å². The number of aryl methyl sites for hydroxylation is 1. The highest BCUT2D eigenvalue weighted by Gasteiger charge is 2.24. The number of thioether (sulfide) groups is 1. The molecule has 6 heteroatoms.